The molecule has 0 aliphatic heterocycles. The van der Waals surface area contributed by atoms with Crippen LogP contribution >= 0.6 is 0 Å². The van der Waals surface area contributed by atoms with Gasteiger partial charge in [-0.3, -0.25) is 0 Å². The van der Waals surface area contributed by atoms with E-state index in [1.54, 1.807) is 0 Å². The van der Waals surface area contributed by atoms with Crippen molar-refractivity contribution in [1.29, 1.82) is 0 Å². The van der Waals surface area contributed by atoms with Gasteiger partial charge in [0.15, 0.2) is 0 Å². The van der Waals surface area contributed by atoms with Crippen molar-refractivity contribution < 1.29 is 0 Å². The van der Waals surface area contributed by atoms with Crippen molar-refractivity contribution in [2.45, 2.75) is 5.67 Å². The molecule has 4 aromatic carbocycles. The van der Waals surface area contributed by atoms with Crippen LogP contribution in [0.2, 0.25) is 5.67 Å². The molecule has 31 heavy (non-hydrogen) atoms. The minimum atomic E-state index is -2.36. The van der Waals surface area contributed by atoms with Crippen LogP contribution in [-0.2, 0) is 0 Å². The standard InChI is InChI=1S/C29H28Si2/c1-3-30(4-2,26-17-9-5-10-18-26)25-31(27-19-11-6-12-20-27,28-21-13-7-14-22-28)29-23-15-8-16-24-29/h3-24H,1-2,25H2. The summed E-state index contributed by atoms with van der Waals surface area (Å²) in [7, 11) is -4.58. The third-order valence-electron chi connectivity index (χ3n) is 6.40. The number of benzene rings is 4. The highest BCUT2D eigenvalue weighted by Gasteiger charge is 2.46. The van der Waals surface area contributed by atoms with Crippen LogP contribution in [0.1, 0.15) is 0 Å². The molecule has 0 aromatic heterocycles. The van der Waals surface area contributed by atoms with Crippen LogP contribution in [0.3, 0.4) is 0 Å². The lowest BCUT2D eigenvalue weighted by atomic mass is 10.3. The van der Waals surface area contributed by atoms with Crippen molar-refractivity contribution in [3.05, 3.63) is 146 Å². The zero-order valence-electron chi connectivity index (χ0n) is 17.8. The van der Waals surface area contributed by atoms with Gasteiger partial charge in [0, 0.05) is 0 Å². The van der Waals surface area contributed by atoms with Crippen molar-refractivity contribution in [2.24, 2.45) is 0 Å². The van der Waals surface area contributed by atoms with E-state index in [9.17, 15) is 0 Å². The van der Waals surface area contributed by atoms with Gasteiger partial charge in [-0.15, -0.1) is 13.2 Å². The van der Waals surface area contributed by atoms with Crippen molar-refractivity contribution in [2.75, 3.05) is 0 Å². The molecule has 0 amide bonds. The van der Waals surface area contributed by atoms with Gasteiger partial charge >= 0.3 is 0 Å². The van der Waals surface area contributed by atoms with E-state index in [0.717, 1.165) is 5.67 Å². The van der Waals surface area contributed by atoms with Crippen LogP contribution in [0.15, 0.2) is 146 Å². The van der Waals surface area contributed by atoms with Crippen molar-refractivity contribution in [1.82, 2.24) is 0 Å². The van der Waals surface area contributed by atoms with Gasteiger partial charge in [-0.1, -0.05) is 138 Å². The van der Waals surface area contributed by atoms with Gasteiger partial charge in [0.1, 0.15) is 16.1 Å². The predicted molar refractivity (Wildman–Crippen MR) is 141 cm³/mol. The quantitative estimate of drug-likeness (QED) is 0.284. The summed E-state index contributed by atoms with van der Waals surface area (Å²) in [5.74, 6) is 0. The first kappa shape index (κ1) is 21.0. The topological polar surface area (TPSA) is 0 Å². The summed E-state index contributed by atoms with van der Waals surface area (Å²) in [6.07, 6.45) is 0. The highest BCUT2D eigenvalue weighted by molar-refractivity contribution is 7.21. The summed E-state index contributed by atoms with van der Waals surface area (Å²) in [5.41, 5.74) is 5.52. The van der Waals surface area contributed by atoms with Gasteiger partial charge in [0.2, 0.25) is 0 Å². The number of hydrogen-bond donors (Lipinski definition) is 0. The Morgan fingerprint density at radius 1 is 0.452 bits per heavy atom. The Kier molecular flexibility index (Phi) is 6.31. The van der Waals surface area contributed by atoms with Gasteiger partial charge < -0.3 is 0 Å². The molecule has 0 fully saturated rings. The molecule has 0 nitrogen and oxygen atoms in total. The zero-order chi connectivity index (χ0) is 21.6. The molecule has 0 radical (unpaired) electrons. The van der Waals surface area contributed by atoms with E-state index in [4.69, 9.17) is 0 Å². The summed E-state index contributed by atoms with van der Waals surface area (Å²) in [6.45, 7) is 8.72. The summed E-state index contributed by atoms with van der Waals surface area (Å²) in [6, 6.07) is 44.2. The molecule has 0 aliphatic rings. The fraction of sp³-hybridized carbons (Fsp3) is 0.0345. The first-order valence-electron chi connectivity index (χ1n) is 10.7. The third-order valence-corrected chi connectivity index (χ3v) is 17.7. The summed E-state index contributed by atoms with van der Waals surface area (Å²) >= 11 is 0. The highest BCUT2D eigenvalue weighted by Crippen LogP contribution is 2.23. The largest absolute Gasteiger partial charge is 0.146 e. The molecule has 0 saturated heterocycles. The molecular formula is C29H28Si2. The molecule has 0 unspecified atom stereocenters. The average Bonchev–Trinajstić information content (AvgIpc) is 2.87. The fourth-order valence-corrected chi connectivity index (χ4v) is 17.4. The zero-order valence-corrected chi connectivity index (χ0v) is 19.8. The Morgan fingerprint density at radius 2 is 0.742 bits per heavy atom. The van der Waals surface area contributed by atoms with E-state index >= 15 is 0 Å². The first-order valence-corrected chi connectivity index (χ1v) is 15.3. The monoisotopic (exact) mass is 432 g/mol. The number of rotatable bonds is 8. The molecule has 4 rings (SSSR count). The van der Waals surface area contributed by atoms with Gasteiger partial charge in [-0.05, 0) is 21.2 Å². The Labute approximate surface area is 188 Å². The summed E-state index contributed by atoms with van der Waals surface area (Å²) < 4.78 is 0. The lowest BCUT2D eigenvalue weighted by molar-refractivity contribution is 1.60. The fourth-order valence-electron chi connectivity index (χ4n) is 4.73. The minimum Gasteiger partial charge on any atom is -0.106 e. The van der Waals surface area contributed by atoms with Crippen LogP contribution in [0.5, 0.6) is 0 Å². The molecule has 0 spiro atoms. The van der Waals surface area contributed by atoms with Crippen LogP contribution in [0.25, 0.3) is 0 Å². The highest BCUT2D eigenvalue weighted by atomic mass is 28.4. The van der Waals surface area contributed by atoms with Gasteiger partial charge in [-0.25, -0.2) is 0 Å². The van der Waals surface area contributed by atoms with E-state index < -0.39 is 16.1 Å². The Bertz CT molecular complexity index is 1020. The molecular weight excluding hydrogens is 404 g/mol. The SMILES string of the molecule is C=C[Si](C=C)(C[Si](c1ccccc1)(c1ccccc1)c1ccccc1)c1ccccc1. The molecule has 0 atom stereocenters. The molecule has 0 heterocycles. The predicted octanol–water partition coefficient (Wildman–Crippen LogP) is 4.50. The second-order valence-electron chi connectivity index (χ2n) is 7.99. The van der Waals surface area contributed by atoms with Crippen LogP contribution in [-0.4, -0.2) is 16.1 Å². The molecule has 2 heteroatoms. The number of hydrogen-bond acceptors (Lipinski definition) is 0. The molecule has 0 bridgehead atoms. The maximum Gasteiger partial charge on any atom is 0.146 e. The van der Waals surface area contributed by atoms with Crippen LogP contribution < -0.4 is 20.7 Å². The Balaban J connectivity index is 2.05. The lowest BCUT2D eigenvalue weighted by Gasteiger charge is -2.40. The van der Waals surface area contributed by atoms with Gasteiger partial charge in [0.05, 0.1) is 0 Å². The van der Waals surface area contributed by atoms with Crippen molar-refractivity contribution >= 4 is 36.9 Å². The summed E-state index contributed by atoms with van der Waals surface area (Å²) in [4.78, 5) is 0. The molecule has 0 saturated carbocycles. The van der Waals surface area contributed by atoms with Crippen LogP contribution in [0, 0.1) is 0 Å². The molecule has 4 aromatic rings. The Morgan fingerprint density at radius 3 is 1.03 bits per heavy atom. The third kappa shape index (κ3) is 3.92. The second-order valence-corrected chi connectivity index (χ2v) is 16.4. The van der Waals surface area contributed by atoms with Crippen LogP contribution in [0.4, 0.5) is 0 Å². The smallest absolute Gasteiger partial charge is 0.106 e. The minimum absolute atomic E-state index is 1.06. The summed E-state index contributed by atoms with van der Waals surface area (Å²) in [5, 5.41) is 5.68. The van der Waals surface area contributed by atoms with Gasteiger partial charge in [-0.2, -0.15) is 0 Å². The molecule has 0 aliphatic carbocycles. The van der Waals surface area contributed by atoms with E-state index in [-0.39, 0.29) is 0 Å². The van der Waals surface area contributed by atoms with E-state index in [2.05, 4.69) is 146 Å². The second kappa shape index (κ2) is 9.29. The Hall–Kier alpha value is -3.21. The average molecular weight is 433 g/mol. The van der Waals surface area contributed by atoms with Gasteiger partial charge in [0.25, 0.3) is 0 Å². The van der Waals surface area contributed by atoms with E-state index in [0.29, 0.717) is 0 Å². The first-order chi connectivity index (χ1) is 15.2. The molecule has 152 valence electrons. The normalized spacial score (nSPS) is 11.6. The van der Waals surface area contributed by atoms with Crippen molar-refractivity contribution in [3.63, 3.8) is 0 Å². The van der Waals surface area contributed by atoms with Crippen molar-refractivity contribution in [3.8, 4) is 0 Å². The maximum atomic E-state index is 4.36. The van der Waals surface area contributed by atoms with E-state index in [1.165, 1.54) is 20.7 Å². The lowest BCUT2D eigenvalue weighted by Crippen LogP contribution is -2.71. The molecule has 0 N–H and O–H groups in total. The van der Waals surface area contributed by atoms with E-state index in [1.807, 2.05) is 0 Å². The maximum absolute atomic E-state index is 4.36.